The molecule has 0 aliphatic carbocycles. The van der Waals surface area contributed by atoms with Crippen molar-refractivity contribution in [3.05, 3.63) is 17.8 Å². The number of thioether (sulfide) groups is 1. The number of rotatable bonds is 4. The van der Waals surface area contributed by atoms with E-state index in [-0.39, 0.29) is 11.2 Å². The molecule has 2 aromatic heterocycles. The molecule has 3 rings (SSSR count). The second kappa shape index (κ2) is 6.93. The Morgan fingerprint density at radius 3 is 2.86 bits per heavy atom. The van der Waals surface area contributed by atoms with Gasteiger partial charge in [0.05, 0.1) is 5.25 Å². The van der Waals surface area contributed by atoms with E-state index >= 15 is 0 Å². The van der Waals surface area contributed by atoms with E-state index in [1.54, 1.807) is 17.7 Å². The van der Waals surface area contributed by atoms with Gasteiger partial charge in [-0.15, -0.1) is 11.3 Å². The van der Waals surface area contributed by atoms with E-state index in [1.807, 2.05) is 23.3 Å². The Kier molecular flexibility index (Phi) is 4.95. The number of carbonyl (C=O) groups excluding carboxylic acids is 1. The van der Waals surface area contributed by atoms with Crippen molar-refractivity contribution in [1.29, 1.82) is 0 Å². The molecule has 1 amide bonds. The van der Waals surface area contributed by atoms with Crippen molar-refractivity contribution in [1.82, 2.24) is 19.8 Å². The number of fused-ring (bicyclic) bond motifs is 1. The lowest BCUT2D eigenvalue weighted by atomic mass is 10.3. The molecule has 1 aliphatic rings. The zero-order valence-corrected chi connectivity index (χ0v) is 14.5. The summed E-state index contributed by atoms with van der Waals surface area (Å²) in [7, 11) is 0. The van der Waals surface area contributed by atoms with Crippen LogP contribution in [-0.4, -0.2) is 63.6 Å². The molecule has 1 saturated heterocycles. The van der Waals surface area contributed by atoms with Gasteiger partial charge in [-0.1, -0.05) is 18.7 Å². The first kappa shape index (κ1) is 15.7. The van der Waals surface area contributed by atoms with E-state index in [1.165, 1.54) is 11.8 Å². The summed E-state index contributed by atoms with van der Waals surface area (Å²) >= 11 is 3.14. The van der Waals surface area contributed by atoms with Crippen LogP contribution in [0.4, 0.5) is 0 Å². The first-order valence-electron chi connectivity index (χ1n) is 7.55. The van der Waals surface area contributed by atoms with Crippen molar-refractivity contribution in [3.8, 4) is 0 Å². The van der Waals surface area contributed by atoms with Gasteiger partial charge in [0.1, 0.15) is 16.2 Å². The molecule has 1 atom stereocenters. The van der Waals surface area contributed by atoms with Crippen LogP contribution in [0.1, 0.15) is 13.8 Å². The largest absolute Gasteiger partial charge is 0.339 e. The van der Waals surface area contributed by atoms with Gasteiger partial charge in [-0.05, 0) is 24.9 Å². The van der Waals surface area contributed by atoms with Gasteiger partial charge in [-0.2, -0.15) is 0 Å². The highest BCUT2D eigenvalue weighted by atomic mass is 32.2. The summed E-state index contributed by atoms with van der Waals surface area (Å²) < 4.78 is 0. The van der Waals surface area contributed by atoms with Gasteiger partial charge in [0, 0.05) is 31.6 Å². The molecule has 3 heterocycles. The smallest absolute Gasteiger partial charge is 0.235 e. The SMILES string of the molecule is CCN1CCN(C(=O)[C@@H](C)Sc2ncnc3sccc23)CC1. The fraction of sp³-hybridized carbons (Fsp3) is 0.533. The third kappa shape index (κ3) is 3.26. The third-order valence-electron chi connectivity index (χ3n) is 3.99. The Morgan fingerprint density at radius 1 is 1.36 bits per heavy atom. The second-order valence-electron chi connectivity index (χ2n) is 5.34. The number of carbonyl (C=O) groups is 1. The van der Waals surface area contributed by atoms with E-state index in [9.17, 15) is 4.79 Å². The zero-order chi connectivity index (χ0) is 15.5. The van der Waals surface area contributed by atoms with Crippen LogP contribution >= 0.6 is 23.1 Å². The minimum absolute atomic E-state index is 0.119. The molecule has 0 saturated carbocycles. The van der Waals surface area contributed by atoms with E-state index < -0.39 is 0 Å². The van der Waals surface area contributed by atoms with Gasteiger partial charge >= 0.3 is 0 Å². The Balaban J connectivity index is 1.65. The summed E-state index contributed by atoms with van der Waals surface area (Å²) in [4.78, 5) is 26.6. The van der Waals surface area contributed by atoms with Crippen LogP contribution in [0.2, 0.25) is 0 Å². The highest BCUT2D eigenvalue weighted by molar-refractivity contribution is 8.00. The first-order chi connectivity index (χ1) is 10.7. The molecule has 1 fully saturated rings. The average Bonchev–Trinajstić information content (AvgIpc) is 3.04. The van der Waals surface area contributed by atoms with Gasteiger partial charge in [-0.25, -0.2) is 9.97 Å². The number of thiophene rings is 1. The Labute approximate surface area is 138 Å². The van der Waals surface area contributed by atoms with Crippen molar-refractivity contribution >= 4 is 39.2 Å². The molecule has 5 nitrogen and oxygen atoms in total. The number of aromatic nitrogens is 2. The molecule has 2 aromatic rings. The summed E-state index contributed by atoms with van der Waals surface area (Å²) in [5, 5.41) is 3.85. The van der Waals surface area contributed by atoms with Crippen molar-refractivity contribution in [2.45, 2.75) is 24.1 Å². The van der Waals surface area contributed by atoms with E-state index in [0.717, 1.165) is 48.0 Å². The van der Waals surface area contributed by atoms with Crippen LogP contribution in [0.5, 0.6) is 0 Å². The number of hydrogen-bond donors (Lipinski definition) is 0. The number of nitrogens with zero attached hydrogens (tertiary/aromatic N) is 4. The third-order valence-corrected chi connectivity index (χ3v) is 5.92. The normalized spacial score (nSPS) is 17.8. The molecule has 0 unspecified atom stereocenters. The highest BCUT2D eigenvalue weighted by Crippen LogP contribution is 2.31. The lowest BCUT2D eigenvalue weighted by Crippen LogP contribution is -2.50. The summed E-state index contributed by atoms with van der Waals surface area (Å²) in [5.41, 5.74) is 0. The second-order valence-corrected chi connectivity index (χ2v) is 7.56. The minimum Gasteiger partial charge on any atom is -0.339 e. The Bertz CT molecular complexity index is 652. The summed E-state index contributed by atoms with van der Waals surface area (Å²) in [5.74, 6) is 0.211. The van der Waals surface area contributed by atoms with E-state index in [4.69, 9.17) is 0 Å². The van der Waals surface area contributed by atoms with Crippen LogP contribution in [0, 0.1) is 0 Å². The molecule has 22 heavy (non-hydrogen) atoms. The van der Waals surface area contributed by atoms with Crippen LogP contribution in [-0.2, 0) is 4.79 Å². The van der Waals surface area contributed by atoms with Crippen molar-refractivity contribution in [2.24, 2.45) is 0 Å². The van der Waals surface area contributed by atoms with Gasteiger partial charge in [0.25, 0.3) is 0 Å². The van der Waals surface area contributed by atoms with Crippen LogP contribution in [0.15, 0.2) is 22.8 Å². The standard InChI is InChI=1S/C15H20N4OS2/c1-3-18-5-7-19(8-6-18)15(20)11(2)22-14-12-4-9-21-13(12)16-10-17-14/h4,9-11H,3,5-8H2,1-2H3/t11-/m1/s1. The number of amides is 1. The predicted octanol–water partition coefficient (Wildman–Crippen LogP) is 2.34. The predicted molar refractivity (Wildman–Crippen MR) is 91.4 cm³/mol. The van der Waals surface area contributed by atoms with E-state index in [0.29, 0.717) is 0 Å². The maximum atomic E-state index is 12.6. The van der Waals surface area contributed by atoms with Gasteiger partial charge in [0.2, 0.25) is 5.91 Å². The van der Waals surface area contributed by atoms with Gasteiger partial charge in [-0.3, -0.25) is 4.79 Å². The van der Waals surface area contributed by atoms with E-state index in [2.05, 4.69) is 21.8 Å². The monoisotopic (exact) mass is 336 g/mol. The molecule has 1 aliphatic heterocycles. The lowest BCUT2D eigenvalue weighted by molar-refractivity contribution is -0.132. The Morgan fingerprint density at radius 2 is 2.14 bits per heavy atom. The number of likely N-dealkylation sites (N-methyl/N-ethyl adjacent to an activating group) is 1. The molecule has 0 bridgehead atoms. The Hall–Kier alpha value is -1.18. The molecule has 0 spiro atoms. The van der Waals surface area contributed by atoms with Crippen LogP contribution in [0.3, 0.4) is 0 Å². The van der Waals surface area contributed by atoms with Crippen molar-refractivity contribution in [3.63, 3.8) is 0 Å². The molecular weight excluding hydrogens is 316 g/mol. The van der Waals surface area contributed by atoms with Crippen LogP contribution in [0.25, 0.3) is 10.2 Å². The molecule has 118 valence electrons. The highest BCUT2D eigenvalue weighted by Gasteiger charge is 2.25. The summed E-state index contributed by atoms with van der Waals surface area (Å²) in [6, 6.07) is 2.03. The molecular formula is C15H20N4OS2. The minimum atomic E-state index is -0.119. The van der Waals surface area contributed by atoms with Crippen molar-refractivity contribution < 1.29 is 4.79 Å². The molecule has 0 aromatic carbocycles. The fourth-order valence-electron chi connectivity index (χ4n) is 2.62. The lowest BCUT2D eigenvalue weighted by Gasteiger charge is -2.35. The van der Waals surface area contributed by atoms with Gasteiger partial charge in [0.15, 0.2) is 0 Å². The number of piperazine rings is 1. The van der Waals surface area contributed by atoms with Gasteiger partial charge < -0.3 is 9.80 Å². The fourth-order valence-corrected chi connectivity index (χ4v) is 4.40. The van der Waals surface area contributed by atoms with Crippen molar-refractivity contribution in [2.75, 3.05) is 32.7 Å². The maximum absolute atomic E-state index is 12.6. The number of hydrogen-bond acceptors (Lipinski definition) is 6. The maximum Gasteiger partial charge on any atom is 0.235 e. The first-order valence-corrected chi connectivity index (χ1v) is 9.31. The average molecular weight is 336 g/mol. The molecule has 7 heteroatoms. The summed E-state index contributed by atoms with van der Waals surface area (Å²) in [6.07, 6.45) is 1.58. The van der Waals surface area contributed by atoms with Crippen LogP contribution < -0.4 is 0 Å². The molecule has 0 radical (unpaired) electrons. The summed E-state index contributed by atoms with van der Waals surface area (Å²) in [6.45, 7) is 8.80. The molecule has 0 N–H and O–H groups in total. The zero-order valence-electron chi connectivity index (χ0n) is 12.9. The quantitative estimate of drug-likeness (QED) is 0.633. The topological polar surface area (TPSA) is 49.3 Å².